The number of benzene rings is 1. The van der Waals surface area contributed by atoms with Gasteiger partial charge in [0.25, 0.3) is 0 Å². The van der Waals surface area contributed by atoms with E-state index in [4.69, 9.17) is 0 Å². The molecule has 26 heavy (non-hydrogen) atoms. The molecule has 0 spiro atoms. The molecule has 0 N–H and O–H groups in total. The molecule has 0 aliphatic heterocycles. The quantitative estimate of drug-likeness (QED) is 0.554. The number of rotatable bonds is 8. The Bertz CT molecular complexity index is 815. The lowest BCUT2D eigenvalue weighted by Crippen LogP contribution is -2.34. The van der Waals surface area contributed by atoms with Crippen molar-refractivity contribution < 1.29 is 4.79 Å². The number of hydrogen-bond donors (Lipinski definition) is 0. The number of hydrogen-bond acceptors (Lipinski definition) is 6. The molecule has 1 atom stereocenters. The summed E-state index contributed by atoms with van der Waals surface area (Å²) in [6.07, 6.45) is 0. The SMILES string of the molecule is CCN(CC)C(=O)C(Sc1nnnn1Cc1cccs1)c1ccccc1. The highest BCUT2D eigenvalue weighted by atomic mass is 32.2. The first kappa shape index (κ1) is 18.6. The van der Waals surface area contributed by atoms with Crippen LogP contribution in [0.15, 0.2) is 53.0 Å². The van der Waals surface area contributed by atoms with Crippen LogP contribution in [0.25, 0.3) is 0 Å². The lowest BCUT2D eigenvalue weighted by molar-refractivity contribution is -0.130. The van der Waals surface area contributed by atoms with Crippen molar-refractivity contribution in [1.82, 2.24) is 25.1 Å². The van der Waals surface area contributed by atoms with E-state index in [1.54, 1.807) is 16.0 Å². The van der Waals surface area contributed by atoms with E-state index in [0.717, 1.165) is 5.56 Å². The highest BCUT2D eigenvalue weighted by Gasteiger charge is 2.28. The van der Waals surface area contributed by atoms with E-state index < -0.39 is 0 Å². The lowest BCUT2D eigenvalue weighted by atomic mass is 10.1. The van der Waals surface area contributed by atoms with Gasteiger partial charge in [-0.3, -0.25) is 4.79 Å². The summed E-state index contributed by atoms with van der Waals surface area (Å²) in [7, 11) is 0. The molecule has 0 bridgehead atoms. The predicted molar refractivity (Wildman–Crippen MR) is 104 cm³/mol. The van der Waals surface area contributed by atoms with Crippen LogP contribution in [0.1, 0.15) is 29.5 Å². The highest BCUT2D eigenvalue weighted by Crippen LogP contribution is 2.35. The summed E-state index contributed by atoms with van der Waals surface area (Å²) in [6, 6.07) is 13.9. The van der Waals surface area contributed by atoms with Gasteiger partial charge in [-0.1, -0.05) is 48.2 Å². The van der Waals surface area contributed by atoms with Crippen LogP contribution < -0.4 is 0 Å². The number of amides is 1. The molecule has 3 aromatic rings. The molecule has 1 aromatic carbocycles. The number of carbonyl (C=O) groups excluding carboxylic acids is 1. The fourth-order valence-corrected chi connectivity index (χ4v) is 4.37. The summed E-state index contributed by atoms with van der Waals surface area (Å²) in [4.78, 5) is 16.1. The van der Waals surface area contributed by atoms with Gasteiger partial charge in [-0.15, -0.1) is 16.4 Å². The van der Waals surface area contributed by atoms with E-state index in [9.17, 15) is 4.79 Å². The first-order chi connectivity index (χ1) is 12.7. The maximum Gasteiger partial charge on any atom is 0.240 e. The molecule has 1 amide bonds. The minimum absolute atomic E-state index is 0.0804. The molecule has 6 nitrogen and oxygen atoms in total. The average Bonchev–Trinajstić information content (AvgIpc) is 3.34. The minimum Gasteiger partial charge on any atom is -0.342 e. The third-order valence-electron chi connectivity index (χ3n) is 4.01. The number of nitrogens with zero attached hydrogens (tertiary/aromatic N) is 5. The molecule has 1 unspecified atom stereocenters. The van der Waals surface area contributed by atoms with Gasteiger partial charge in [-0.25, -0.2) is 4.68 Å². The maximum absolute atomic E-state index is 13.1. The Morgan fingerprint density at radius 3 is 2.62 bits per heavy atom. The second kappa shape index (κ2) is 8.95. The zero-order valence-corrected chi connectivity index (χ0v) is 16.4. The topological polar surface area (TPSA) is 63.9 Å². The van der Waals surface area contributed by atoms with Crippen molar-refractivity contribution in [3.63, 3.8) is 0 Å². The van der Waals surface area contributed by atoms with Crippen molar-refractivity contribution in [3.8, 4) is 0 Å². The van der Waals surface area contributed by atoms with Gasteiger partial charge in [0.2, 0.25) is 11.1 Å². The number of aromatic nitrogens is 4. The molecule has 0 fully saturated rings. The van der Waals surface area contributed by atoms with Gasteiger partial charge in [-0.05, 0) is 41.3 Å². The van der Waals surface area contributed by atoms with Gasteiger partial charge in [-0.2, -0.15) is 0 Å². The second-order valence-electron chi connectivity index (χ2n) is 5.62. The van der Waals surface area contributed by atoms with Crippen LogP contribution in [-0.2, 0) is 11.3 Å². The Balaban J connectivity index is 1.87. The number of tetrazole rings is 1. The number of likely N-dealkylation sites (N-methyl/N-ethyl adjacent to an activating group) is 1. The summed E-state index contributed by atoms with van der Waals surface area (Å²) in [5.41, 5.74) is 0.958. The van der Waals surface area contributed by atoms with Crippen molar-refractivity contribution in [3.05, 3.63) is 58.3 Å². The monoisotopic (exact) mass is 387 g/mol. The molecule has 3 rings (SSSR count). The van der Waals surface area contributed by atoms with E-state index in [0.29, 0.717) is 24.8 Å². The molecule has 0 saturated carbocycles. The molecule has 2 heterocycles. The summed E-state index contributed by atoms with van der Waals surface area (Å²) >= 11 is 3.07. The molecular weight excluding hydrogens is 366 g/mol. The third kappa shape index (κ3) is 4.31. The van der Waals surface area contributed by atoms with Gasteiger partial charge in [0, 0.05) is 18.0 Å². The van der Waals surface area contributed by atoms with E-state index in [1.165, 1.54) is 16.6 Å². The summed E-state index contributed by atoms with van der Waals surface area (Å²) in [5.74, 6) is 0.0804. The standard InChI is InChI=1S/C18H21N5OS2/c1-3-22(4-2)17(24)16(14-9-6-5-7-10-14)26-18-19-20-21-23(18)13-15-11-8-12-25-15/h5-12,16H,3-4,13H2,1-2H3. The Labute approximate surface area is 161 Å². The maximum atomic E-state index is 13.1. The molecule has 8 heteroatoms. The first-order valence-electron chi connectivity index (χ1n) is 8.51. The van der Waals surface area contributed by atoms with Gasteiger partial charge in [0.15, 0.2) is 0 Å². The first-order valence-corrected chi connectivity index (χ1v) is 10.3. The van der Waals surface area contributed by atoms with Crippen molar-refractivity contribution in [2.75, 3.05) is 13.1 Å². The molecule has 2 aromatic heterocycles. The molecule has 136 valence electrons. The minimum atomic E-state index is -0.371. The van der Waals surface area contributed by atoms with Gasteiger partial charge >= 0.3 is 0 Å². The summed E-state index contributed by atoms with van der Waals surface area (Å²) in [6.45, 7) is 5.95. The van der Waals surface area contributed by atoms with Crippen LogP contribution in [0.3, 0.4) is 0 Å². The van der Waals surface area contributed by atoms with Crippen molar-refractivity contribution in [2.24, 2.45) is 0 Å². The van der Waals surface area contributed by atoms with Crippen molar-refractivity contribution in [2.45, 2.75) is 30.8 Å². The molecule has 0 radical (unpaired) electrons. The zero-order valence-electron chi connectivity index (χ0n) is 14.8. The summed E-state index contributed by atoms with van der Waals surface area (Å²) in [5, 5.41) is 14.4. The second-order valence-corrected chi connectivity index (χ2v) is 7.72. The largest absolute Gasteiger partial charge is 0.342 e. The average molecular weight is 388 g/mol. The van der Waals surface area contributed by atoms with Crippen LogP contribution in [-0.4, -0.2) is 44.1 Å². The van der Waals surface area contributed by atoms with Crippen LogP contribution in [0.4, 0.5) is 0 Å². The molecule has 0 aliphatic carbocycles. The van der Waals surface area contributed by atoms with E-state index in [-0.39, 0.29) is 11.2 Å². The Kier molecular flexibility index (Phi) is 6.40. The predicted octanol–water partition coefficient (Wildman–Crippen LogP) is 3.48. The molecule has 0 aliphatic rings. The fourth-order valence-electron chi connectivity index (χ4n) is 2.63. The van der Waals surface area contributed by atoms with Gasteiger partial charge in [0.05, 0.1) is 6.54 Å². The van der Waals surface area contributed by atoms with Crippen LogP contribution in [0.5, 0.6) is 0 Å². The number of thiophene rings is 1. The summed E-state index contributed by atoms with van der Waals surface area (Å²) < 4.78 is 1.75. The van der Waals surface area contributed by atoms with E-state index >= 15 is 0 Å². The molecule has 0 saturated heterocycles. The van der Waals surface area contributed by atoms with Crippen molar-refractivity contribution in [1.29, 1.82) is 0 Å². The number of thioether (sulfide) groups is 1. The lowest BCUT2D eigenvalue weighted by Gasteiger charge is -2.24. The normalized spacial score (nSPS) is 12.1. The Hall–Kier alpha value is -2.19. The molecular formula is C18H21N5OS2. The van der Waals surface area contributed by atoms with Crippen LogP contribution in [0.2, 0.25) is 0 Å². The van der Waals surface area contributed by atoms with Gasteiger partial charge < -0.3 is 4.90 Å². The Morgan fingerprint density at radius 1 is 1.19 bits per heavy atom. The third-order valence-corrected chi connectivity index (χ3v) is 6.08. The van der Waals surface area contributed by atoms with E-state index in [1.807, 2.05) is 60.5 Å². The highest BCUT2D eigenvalue weighted by molar-refractivity contribution is 8.00. The van der Waals surface area contributed by atoms with Gasteiger partial charge in [0.1, 0.15) is 5.25 Å². The van der Waals surface area contributed by atoms with Crippen LogP contribution >= 0.6 is 23.1 Å². The smallest absolute Gasteiger partial charge is 0.240 e. The number of carbonyl (C=O) groups is 1. The zero-order chi connectivity index (χ0) is 18.4. The van der Waals surface area contributed by atoms with Crippen molar-refractivity contribution >= 4 is 29.0 Å². The van der Waals surface area contributed by atoms with E-state index in [2.05, 4.69) is 21.6 Å². The Morgan fingerprint density at radius 2 is 1.96 bits per heavy atom. The fraction of sp³-hybridized carbons (Fsp3) is 0.333. The van der Waals surface area contributed by atoms with Crippen LogP contribution in [0, 0.1) is 0 Å².